The highest BCUT2D eigenvalue weighted by atomic mass is 32.2. The molecule has 1 aliphatic rings. The van der Waals surface area contributed by atoms with E-state index in [0.717, 1.165) is 17.3 Å². The van der Waals surface area contributed by atoms with Crippen molar-refractivity contribution < 1.29 is 24.5 Å². The molecule has 0 unspecified atom stereocenters. The summed E-state index contributed by atoms with van der Waals surface area (Å²) in [6.07, 6.45) is 1.67. The molecular weight excluding hydrogens is 378 g/mol. The summed E-state index contributed by atoms with van der Waals surface area (Å²) in [6, 6.07) is 12.1. The second kappa shape index (κ2) is 8.22. The minimum atomic E-state index is -0.669. The lowest BCUT2D eigenvalue weighted by atomic mass is 10.1. The van der Waals surface area contributed by atoms with Crippen LogP contribution in [-0.4, -0.2) is 35.4 Å². The fourth-order valence-electron chi connectivity index (χ4n) is 2.67. The number of phenolic OH excluding ortho intramolecular Hbond substituents is 1. The van der Waals surface area contributed by atoms with E-state index in [1.807, 2.05) is 31.2 Å². The van der Waals surface area contributed by atoms with Crippen LogP contribution in [-0.2, 0) is 9.53 Å². The smallest absolute Gasteiger partial charge is 0.344 e. The second-order valence-electron chi connectivity index (χ2n) is 6.01. The molecule has 0 aromatic heterocycles. The van der Waals surface area contributed by atoms with Crippen molar-refractivity contribution in [3.8, 4) is 11.5 Å². The Balaban J connectivity index is 2.08. The Hall–Kier alpha value is -3.19. The van der Waals surface area contributed by atoms with Crippen LogP contribution in [0.2, 0.25) is 0 Å². The minimum absolute atomic E-state index is 0.0120. The number of carbonyl (C=O) groups is 1. The van der Waals surface area contributed by atoms with Gasteiger partial charge in [0.1, 0.15) is 27.9 Å². The summed E-state index contributed by atoms with van der Waals surface area (Å²) in [6.45, 7) is 1.95. The molecule has 3 rings (SSSR count). The Morgan fingerprint density at radius 2 is 1.93 bits per heavy atom. The number of aryl methyl sites for hydroxylation is 1. The molecule has 0 saturated carbocycles. The molecule has 1 heterocycles. The standard InChI is InChI=1S/C21H19NO5S/c1-12-5-4-6-14(9-12)22-20-18(21(25)27-3)19(24)17(28-20)10-13-7-8-15(23)11-16(13)26-2/h4-11,23-24H,1-3H3/b17-10+,22-20?. The second-order valence-corrected chi connectivity index (χ2v) is 7.04. The Kier molecular flexibility index (Phi) is 5.75. The number of thioether (sulfide) groups is 1. The number of aliphatic hydroxyl groups is 1. The number of phenols is 1. The number of aliphatic imine (C=N–C) groups is 1. The summed E-state index contributed by atoms with van der Waals surface area (Å²) in [4.78, 5) is 17.2. The number of benzene rings is 2. The molecule has 7 heteroatoms. The highest BCUT2D eigenvalue weighted by Crippen LogP contribution is 2.41. The van der Waals surface area contributed by atoms with Gasteiger partial charge in [-0.1, -0.05) is 23.9 Å². The molecule has 0 spiro atoms. The van der Waals surface area contributed by atoms with E-state index in [0.29, 0.717) is 26.9 Å². The summed E-state index contributed by atoms with van der Waals surface area (Å²) < 4.78 is 10.1. The number of aliphatic hydroxyl groups excluding tert-OH is 1. The van der Waals surface area contributed by atoms with Crippen molar-refractivity contribution in [2.24, 2.45) is 4.99 Å². The predicted octanol–water partition coefficient (Wildman–Crippen LogP) is 4.51. The van der Waals surface area contributed by atoms with E-state index in [9.17, 15) is 15.0 Å². The van der Waals surface area contributed by atoms with E-state index in [4.69, 9.17) is 9.47 Å². The van der Waals surface area contributed by atoms with Crippen LogP contribution in [0.5, 0.6) is 11.5 Å². The first-order valence-corrected chi connectivity index (χ1v) is 9.18. The molecule has 2 aromatic carbocycles. The number of hydrogen-bond acceptors (Lipinski definition) is 7. The van der Waals surface area contributed by atoms with Crippen LogP contribution in [0.25, 0.3) is 6.08 Å². The molecule has 0 fully saturated rings. The molecular formula is C21H19NO5S. The van der Waals surface area contributed by atoms with Gasteiger partial charge < -0.3 is 19.7 Å². The SMILES string of the molecule is COC(=O)C1=C(O)/C(=C\c2ccc(O)cc2OC)SC1=Nc1cccc(C)c1. The third kappa shape index (κ3) is 4.04. The van der Waals surface area contributed by atoms with Crippen molar-refractivity contribution in [3.63, 3.8) is 0 Å². The third-order valence-electron chi connectivity index (χ3n) is 4.02. The number of carbonyl (C=O) groups excluding carboxylic acids is 1. The van der Waals surface area contributed by atoms with Crippen LogP contribution >= 0.6 is 11.8 Å². The molecule has 6 nitrogen and oxygen atoms in total. The van der Waals surface area contributed by atoms with E-state index < -0.39 is 5.97 Å². The topological polar surface area (TPSA) is 88.4 Å². The Morgan fingerprint density at radius 1 is 1.14 bits per heavy atom. The summed E-state index contributed by atoms with van der Waals surface area (Å²) in [7, 11) is 2.74. The van der Waals surface area contributed by atoms with Crippen molar-refractivity contribution in [1.29, 1.82) is 0 Å². The maximum Gasteiger partial charge on any atom is 0.344 e. The summed E-state index contributed by atoms with van der Waals surface area (Å²) >= 11 is 1.16. The molecule has 0 aliphatic carbocycles. The zero-order valence-corrected chi connectivity index (χ0v) is 16.4. The van der Waals surface area contributed by atoms with Gasteiger partial charge in [-0.2, -0.15) is 0 Å². The number of methoxy groups -OCH3 is 2. The van der Waals surface area contributed by atoms with Crippen LogP contribution in [0, 0.1) is 6.92 Å². The average molecular weight is 397 g/mol. The van der Waals surface area contributed by atoms with Gasteiger partial charge in [0.25, 0.3) is 0 Å². The average Bonchev–Trinajstić information content (AvgIpc) is 2.97. The Morgan fingerprint density at radius 3 is 2.61 bits per heavy atom. The van der Waals surface area contributed by atoms with Gasteiger partial charge in [0, 0.05) is 11.6 Å². The molecule has 1 aliphatic heterocycles. The molecule has 0 bridgehead atoms. The third-order valence-corrected chi connectivity index (χ3v) is 5.04. The van der Waals surface area contributed by atoms with Crippen LogP contribution in [0.1, 0.15) is 11.1 Å². The van der Waals surface area contributed by atoms with Gasteiger partial charge in [0.2, 0.25) is 0 Å². The van der Waals surface area contributed by atoms with Crippen LogP contribution < -0.4 is 4.74 Å². The van der Waals surface area contributed by atoms with Crippen molar-refractivity contribution in [2.75, 3.05) is 14.2 Å². The van der Waals surface area contributed by atoms with Gasteiger partial charge in [-0.3, -0.25) is 0 Å². The molecule has 0 amide bonds. The molecule has 144 valence electrons. The van der Waals surface area contributed by atoms with E-state index in [-0.39, 0.29) is 17.1 Å². The van der Waals surface area contributed by atoms with E-state index in [1.54, 1.807) is 12.1 Å². The first kappa shape index (κ1) is 19.6. The highest BCUT2D eigenvalue weighted by molar-refractivity contribution is 8.18. The maximum absolute atomic E-state index is 12.2. The van der Waals surface area contributed by atoms with Crippen molar-refractivity contribution in [1.82, 2.24) is 0 Å². The van der Waals surface area contributed by atoms with E-state index in [2.05, 4.69) is 4.99 Å². The van der Waals surface area contributed by atoms with Gasteiger partial charge >= 0.3 is 5.97 Å². The van der Waals surface area contributed by atoms with Crippen LogP contribution in [0.15, 0.2) is 63.7 Å². The Labute approximate surface area is 166 Å². The van der Waals surface area contributed by atoms with Gasteiger partial charge in [0.15, 0.2) is 0 Å². The first-order chi connectivity index (χ1) is 13.4. The number of hydrogen-bond donors (Lipinski definition) is 2. The van der Waals surface area contributed by atoms with Crippen LogP contribution in [0.4, 0.5) is 5.69 Å². The van der Waals surface area contributed by atoms with Gasteiger partial charge in [-0.15, -0.1) is 0 Å². The van der Waals surface area contributed by atoms with Crippen molar-refractivity contribution >= 4 is 34.5 Å². The fourth-order valence-corrected chi connectivity index (χ4v) is 3.69. The molecule has 28 heavy (non-hydrogen) atoms. The normalized spacial score (nSPS) is 16.7. The van der Waals surface area contributed by atoms with Crippen LogP contribution in [0.3, 0.4) is 0 Å². The zero-order valence-electron chi connectivity index (χ0n) is 15.6. The van der Waals surface area contributed by atoms with Gasteiger partial charge in [-0.05, 0) is 42.8 Å². The minimum Gasteiger partial charge on any atom is -0.508 e. The molecule has 0 radical (unpaired) electrons. The van der Waals surface area contributed by atoms with Crippen molar-refractivity contribution in [2.45, 2.75) is 6.92 Å². The molecule has 2 N–H and O–H groups in total. The Bertz CT molecular complexity index is 1020. The lowest BCUT2D eigenvalue weighted by Crippen LogP contribution is -2.10. The lowest BCUT2D eigenvalue weighted by Gasteiger charge is -2.06. The number of esters is 1. The van der Waals surface area contributed by atoms with E-state index in [1.165, 1.54) is 26.4 Å². The summed E-state index contributed by atoms with van der Waals surface area (Å²) in [5.74, 6) is -0.379. The molecule has 0 saturated heterocycles. The largest absolute Gasteiger partial charge is 0.508 e. The summed E-state index contributed by atoms with van der Waals surface area (Å²) in [5.41, 5.74) is 2.34. The van der Waals surface area contributed by atoms with Crippen molar-refractivity contribution in [3.05, 3.63) is 69.8 Å². The number of aromatic hydroxyl groups is 1. The highest BCUT2D eigenvalue weighted by Gasteiger charge is 2.33. The summed E-state index contributed by atoms with van der Waals surface area (Å²) in [5, 5.41) is 20.6. The fraction of sp³-hybridized carbons (Fsp3) is 0.143. The lowest BCUT2D eigenvalue weighted by molar-refractivity contribution is -0.135. The quantitative estimate of drug-likeness (QED) is 0.738. The van der Waals surface area contributed by atoms with E-state index >= 15 is 0 Å². The predicted molar refractivity (Wildman–Crippen MR) is 110 cm³/mol. The molecule has 2 aromatic rings. The molecule has 0 atom stereocenters. The number of rotatable bonds is 4. The monoisotopic (exact) mass is 397 g/mol. The first-order valence-electron chi connectivity index (χ1n) is 8.37. The maximum atomic E-state index is 12.2. The number of ether oxygens (including phenoxy) is 2. The zero-order chi connectivity index (χ0) is 20.3. The van der Waals surface area contributed by atoms with Gasteiger partial charge in [-0.25, -0.2) is 9.79 Å². The van der Waals surface area contributed by atoms with Gasteiger partial charge in [0.05, 0.1) is 24.8 Å². The number of nitrogens with zero attached hydrogens (tertiary/aromatic N) is 1.